The highest BCUT2D eigenvalue weighted by molar-refractivity contribution is 9.10. The van der Waals surface area contributed by atoms with Gasteiger partial charge >= 0.3 is 5.97 Å². The minimum Gasteiger partial charge on any atom is -0.481 e. The van der Waals surface area contributed by atoms with Crippen molar-refractivity contribution in [3.05, 3.63) is 73.3 Å². The maximum Gasteiger partial charge on any atom is 0.309 e. The van der Waals surface area contributed by atoms with Crippen molar-refractivity contribution in [1.82, 2.24) is 39.5 Å². The molecule has 0 amide bonds. The number of aliphatic carboxylic acids is 1. The molecule has 4 heterocycles. The molecule has 4 aromatic rings. The van der Waals surface area contributed by atoms with E-state index in [1.165, 1.54) is 128 Å². The highest BCUT2D eigenvalue weighted by Crippen LogP contribution is 2.78. The summed E-state index contributed by atoms with van der Waals surface area (Å²) in [4.78, 5) is 11.7. The Balaban J connectivity index is 0.000000113. The van der Waals surface area contributed by atoms with Gasteiger partial charge in [0.05, 0.1) is 56.3 Å². The average molecular weight is 1640 g/mol. The number of aryl methyl sites for hydroxylation is 1. The number of nitrogens with zero attached hydrogens (tertiary/aromatic N) is 7. The number of carboxylic acid groups (broad SMARTS) is 1. The molecular weight excluding hydrogens is 1500 g/mol. The molecule has 20 saturated carbocycles. The van der Waals surface area contributed by atoms with E-state index in [9.17, 15) is 25.2 Å². The molecule has 582 valence electrons. The fourth-order valence-corrected chi connectivity index (χ4v) is 38.9. The van der Waals surface area contributed by atoms with Crippen molar-refractivity contribution in [2.24, 2.45) is 81.2 Å². The number of aromatic nitrogens is 8. The summed E-state index contributed by atoms with van der Waals surface area (Å²) >= 11 is 12.0. The highest BCUT2D eigenvalue weighted by Gasteiger charge is 2.71. The van der Waals surface area contributed by atoms with E-state index >= 15 is 0 Å². The van der Waals surface area contributed by atoms with E-state index in [-0.39, 0.29) is 58.2 Å². The average Bonchev–Trinajstić information content (AvgIpc) is 0.804. The van der Waals surface area contributed by atoms with Crippen LogP contribution in [-0.2, 0) is 33.9 Å². The number of halogens is 3. The van der Waals surface area contributed by atoms with Crippen LogP contribution in [0, 0.1) is 88.1 Å². The maximum atomic E-state index is 11.7. The Bertz CT molecular complexity index is 3420. The number of carbonyl (C=O) groups is 1. The molecule has 0 radical (unpaired) electrons. The van der Waals surface area contributed by atoms with Crippen molar-refractivity contribution in [1.29, 1.82) is 0 Å². The molecule has 20 heteroatoms. The quantitative estimate of drug-likeness (QED) is 0.0549. The van der Waals surface area contributed by atoms with E-state index < -0.39 is 11.4 Å². The molecular formula is C84H131Br3N8O9. The van der Waals surface area contributed by atoms with Gasteiger partial charge in [-0.25, -0.2) is 0 Å². The van der Waals surface area contributed by atoms with Crippen LogP contribution in [0.4, 0.5) is 0 Å². The summed E-state index contributed by atoms with van der Waals surface area (Å²) in [5.74, 6) is -0.562. The number of hydrogen-bond donors (Lipinski definition) is 7. The monoisotopic (exact) mass is 1630 g/mol. The lowest BCUT2D eigenvalue weighted by Gasteiger charge is -2.69. The van der Waals surface area contributed by atoms with Crippen molar-refractivity contribution in [2.75, 3.05) is 46.2 Å². The van der Waals surface area contributed by atoms with Crippen LogP contribution in [0.5, 0.6) is 0 Å². The van der Waals surface area contributed by atoms with E-state index in [0.29, 0.717) is 88.0 Å². The number of carboxylic acids is 1. The molecule has 0 aromatic carbocycles. The normalized spacial score (nSPS) is 47.9. The van der Waals surface area contributed by atoms with Crippen molar-refractivity contribution in [3.8, 4) is 0 Å². The lowest BCUT2D eigenvalue weighted by atomic mass is 9.39. The van der Waals surface area contributed by atoms with Crippen LogP contribution in [0.15, 0.2) is 67.6 Å². The van der Waals surface area contributed by atoms with E-state index in [1.54, 1.807) is 12.4 Å². The van der Waals surface area contributed by atoms with Crippen LogP contribution in [-0.4, -0.2) is 147 Å². The molecule has 20 aliphatic carbocycles. The van der Waals surface area contributed by atoms with E-state index in [1.807, 2.05) is 36.8 Å². The molecule has 20 aliphatic rings. The molecule has 104 heavy (non-hydrogen) atoms. The lowest BCUT2D eigenvalue weighted by Crippen LogP contribution is -2.64. The zero-order chi connectivity index (χ0) is 74.9. The largest absolute Gasteiger partial charge is 0.481 e. The number of alkyl halides is 3. The number of hydrogen-bond acceptors (Lipinski definition) is 12. The Labute approximate surface area is 647 Å². The lowest BCUT2D eigenvalue weighted by molar-refractivity contribution is -0.250. The van der Waals surface area contributed by atoms with Crippen LogP contribution in [0.1, 0.15) is 268 Å². The number of aliphatic hydroxyl groups is 5. The first kappa shape index (κ1) is 79.6. The Morgan fingerprint density at radius 2 is 0.769 bits per heavy atom. The number of aromatic amines is 1. The Morgan fingerprint density at radius 1 is 0.413 bits per heavy atom. The Hall–Kier alpha value is -2.53. The number of ether oxygens (including phenoxy) is 2. The van der Waals surface area contributed by atoms with Crippen molar-refractivity contribution < 1.29 is 44.9 Å². The van der Waals surface area contributed by atoms with E-state index in [0.717, 1.165) is 90.3 Å². The van der Waals surface area contributed by atoms with Crippen molar-refractivity contribution >= 4 is 53.8 Å². The van der Waals surface area contributed by atoms with Crippen molar-refractivity contribution in [2.45, 2.75) is 313 Å². The van der Waals surface area contributed by atoms with Crippen LogP contribution >= 0.6 is 47.8 Å². The van der Waals surface area contributed by atoms with Gasteiger partial charge < -0.3 is 40.1 Å². The van der Waals surface area contributed by atoms with Gasteiger partial charge in [-0.15, -0.1) is 0 Å². The standard InChI is InChI=1S/C19H30N2O2.C18H28N2O2.C16H23BrN2.C13H19BrO2.C13H21BrO.C3H4N2.C2H6O2/c1-15-4-5-20-21(15)14-18-9-16(2)8-17(3,10-18)12-19(11-16,13-18)23-7-6-22;1-15-8-16(2)10-17(9-15,14-20-5-3-4-19-20)13-18(11-15,12-16)22-7-6-21;1-13-6-14(2)8-15(7-13,11-16(17,9-13)10-14)12-19-5-3-4-18-19;1-10-3-11(2)5-12(4-10,9(15)16)8-13(14,6-10)7-11;1-10-3-11(2)5-12(4-10,9-15)8-13(14,6-10)7-11;1-2-4-5-3-1;3-1-2-4/h4-5,22H,6-14H2,1-3H3;3-5,21H,6-14H2,1-2H3;3-5H,6-12H2,1-2H3;3-8H2,1-2H3,(H,15,16);15H,3-9H2,1-2H3;1-3H,(H,4,5);3-4H,1-2H2. The minimum absolute atomic E-state index is 0.0197. The summed E-state index contributed by atoms with van der Waals surface area (Å²) in [6, 6.07) is 8.00. The predicted molar refractivity (Wildman–Crippen MR) is 417 cm³/mol. The van der Waals surface area contributed by atoms with Gasteiger partial charge in [-0.3, -0.25) is 23.9 Å². The Kier molecular flexibility index (Phi) is 21.0. The third-order valence-electron chi connectivity index (χ3n) is 28.9. The second kappa shape index (κ2) is 27.4. The van der Waals surface area contributed by atoms with Gasteiger partial charge in [0.1, 0.15) is 0 Å². The van der Waals surface area contributed by atoms with Gasteiger partial charge in [-0.2, -0.15) is 20.4 Å². The van der Waals surface area contributed by atoms with Gasteiger partial charge in [-0.1, -0.05) is 117 Å². The van der Waals surface area contributed by atoms with Gasteiger partial charge in [-0.05, 0) is 300 Å². The summed E-state index contributed by atoms with van der Waals surface area (Å²) in [5.41, 5.74) is 6.11. The third-order valence-corrected chi connectivity index (χ3v) is 31.4. The SMILES string of the molecule is CC12CC3(C)CC(Br)(C1)CC(C(=O)O)(C2)C3.CC12CC3(C)CC(Br)(C1)CC(CO)(C2)C3.CC12CC3(C)CC(Br)(C1)CC(Cn1cccn1)(C2)C3.CC12CC3(C)CC(Cn4cccn4)(C1)CC(OCCO)(C2)C3.Cc1ccnn1CC12CC3(C)CC(C)(C1)CC(OCCO)(C3)C2.OCCO.c1cn[nH]c1. The molecule has 20 fully saturated rings. The summed E-state index contributed by atoms with van der Waals surface area (Å²) in [6.07, 6.45) is 50.2. The Morgan fingerprint density at radius 3 is 1.06 bits per heavy atom. The molecule has 17 nitrogen and oxygen atoms in total. The van der Waals surface area contributed by atoms with Crippen LogP contribution in [0.3, 0.4) is 0 Å². The molecule has 0 saturated heterocycles. The molecule has 0 aliphatic heterocycles. The van der Waals surface area contributed by atoms with Gasteiger partial charge in [0, 0.05) is 88.3 Å². The van der Waals surface area contributed by atoms with E-state index in [4.69, 9.17) is 19.7 Å². The maximum absolute atomic E-state index is 11.7. The molecule has 7 N–H and O–H groups in total. The fraction of sp³-hybridized carbons (Fsp3) is 0.845. The third kappa shape index (κ3) is 16.5. The molecule has 10 atom stereocenters. The fourth-order valence-electron chi connectivity index (χ4n) is 33.1. The zero-order valence-electron chi connectivity index (χ0n) is 65.3. The first-order chi connectivity index (χ1) is 48.4. The highest BCUT2D eigenvalue weighted by atomic mass is 79.9. The molecule has 0 spiro atoms. The second-order valence-corrected chi connectivity index (χ2v) is 48.4. The second-order valence-electron chi connectivity index (χ2n) is 43.4. The molecule has 20 bridgehead atoms. The number of nitrogens with one attached hydrogen (secondary N) is 1. The van der Waals surface area contributed by atoms with Crippen LogP contribution in [0.2, 0.25) is 0 Å². The number of aliphatic hydroxyl groups excluding tert-OH is 5. The summed E-state index contributed by atoms with van der Waals surface area (Å²) in [5, 5.41) is 72.8. The summed E-state index contributed by atoms with van der Waals surface area (Å²) in [7, 11) is 0. The van der Waals surface area contributed by atoms with Gasteiger partial charge in [0.15, 0.2) is 0 Å². The number of rotatable bonds is 15. The molecule has 10 unspecified atom stereocenters. The molecule has 24 rings (SSSR count). The predicted octanol–water partition coefficient (Wildman–Crippen LogP) is 17.2. The topological polar surface area (TPSA) is 239 Å². The summed E-state index contributed by atoms with van der Waals surface area (Å²) < 4.78 is 19.9. The van der Waals surface area contributed by atoms with Gasteiger partial charge in [0.2, 0.25) is 0 Å². The minimum atomic E-state index is -0.562. The van der Waals surface area contributed by atoms with E-state index in [2.05, 4.69) is 182 Å². The number of H-pyrrole nitrogens is 1. The smallest absolute Gasteiger partial charge is 0.309 e. The molecule has 4 aromatic heterocycles. The van der Waals surface area contributed by atoms with Crippen molar-refractivity contribution in [3.63, 3.8) is 0 Å². The van der Waals surface area contributed by atoms with Crippen LogP contribution in [0.25, 0.3) is 0 Å². The van der Waals surface area contributed by atoms with Gasteiger partial charge in [0.25, 0.3) is 0 Å². The first-order valence-corrected chi connectivity index (χ1v) is 42.3. The van der Waals surface area contributed by atoms with Crippen LogP contribution < -0.4 is 0 Å². The zero-order valence-corrected chi connectivity index (χ0v) is 70.1. The summed E-state index contributed by atoms with van der Waals surface area (Å²) in [6.45, 7) is 31.0. The first-order valence-electron chi connectivity index (χ1n) is 39.9.